The normalized spacial score (nSPS) is 25.0. The van der Waals surface area contributed by atoms with Crippen molar-refractivity contribution in [1.29, 1.82) is 0 Å². The van der Waals surface area contributed by atoms with E-state index in [1.54, 1.807) is 22.3 Å². The SMILES string of the molecule is CC1(C)CCCc2cc(CC3(C)CCc4ccccc43)ccc21. The number of benzene rings is 2. The molecule has 0 fully saturated rings. The molecule has 4 rings (SSSR count). The quantitative estimate of drug-likeness (QED) is 0.663. The molecule has 0 spiro atoms. The molecular formula is C23H28. The molecule has 120 valence electrons. The zero-order valence-corrected chi connectivity index (χ0v) is 14.8. The van der Waals surface area contributed by atoms with Crippen molar-refractivity contribution in [2.45, 2.75) is 70.1 Å². The molecule has 0 aromatic heterocycles. The predicted octanol–water partition coefficient (Wildman–Crippen LogP) is 5.75. The first-order valence-electron chi connectivity index (χ1n) is 9.19. The van der Waals surface area contributed by atoms with E-state index in [9.17, 15) is 0 Å². The van der Waals surface area contributed by atoms with Gasteiger partial charge in [-0.3, -0.25) is 0 Å². The Balaban J connectivity index is 1.66. The van der Waals surface area contributed by atoms with Gasteiger partial charge in [0.15, 0.2) is 0 Å². The highest BCUT2D eigenvalue weighted by Gasteiger charge is 2.34. The zero-order valence-electron chi connectivity index (χ0n) is 14.8. The van der Waals surface area contributed by atoms with Crippen LogP contribution in [0.5, 0.6) is 0 Å². The summed E-state index contributed by atoms with van der Waals surface area (Å²) in [6.07, 6.45) is 7.63. The van der Waals surface area contributed by atoms with E-state index in [1.165, 1.54) is 44.1 Å². The van der Waals surface area contributed by atoms with Gasteiger partial charge in [0.05, 0.1) is 0 Å². The van der Waals surface area contributed by atoms with E-state index in [1.807, 2.05) is 0 Å². The van der Waals surface area contributed by atoms with Crippen LogP contribution in [-0.4, -0.2) is 0 Å². The Kier molecular flexibility index (Phi) is 3.41. The molecule has 0 radical (unpaired) electrons. The van der Waals surface area contributed by atoms with Crippen molar-refractivity contribution >= 4 is 0 Å². The summed E-state index contributed by atoms with van der Waals surface area (Å²) in [5, 5.41) is 0. The Bertz CT molecular complexity index is 737. The van der Waals surface area contributed by atoms with Crippen LogP contribution < -0.4 is 0 Å². The first-order chi connectivity index (χ1) is 11.0. The van der Waals surface area contributed by atoms with Crippen LogP contribution in [0.3, 0.4) is 0 Å². The summed E-state index contributed by atoms with van der Waals surface area (Å²) in [5.74, 6) is 0. The largest absolute Gasteiger partial charge is 0.0620 e. The Morgan fingerprint density at radius 1 is 0.826 bits per heavy atom. The minimum Gasteiger partial charge on any atom is -0.0620 e. The lowest BCUT2D eigenvalue weighted by Crippen LogP contribution is -2.25. The fourth-order valence-corrected chi connectivity index (χ4v) is 4.99. The molecule has 0 heterocycles. The second kappa shape index (κ2) is 5.23. The monoisotopic (exact) mass is 304 g/mol. The van der Waals surface area contributed by atoms with E-state index >= 15 is 0 Å². The van der Waals surface area contributed by atoms with E-state index in [-0.39, 0.29) is 0 Å². The van der Waals surface area contributed by atoms with Crippen LogP contribution in [0.15, 0.2) is 42.5 Å². The molecule has 0 heteroatoms. The lowest BCUT2D eigenvalue weighted by atomic mass is 9.71. The van der Waals surface area contributed by atoms with E-state index in [4.69, 9.17) is 0 Å². The van der Waals surface area contributed by atoms with Crippen LogP contribution >= 0.6 is 0 Å². The highest BCUT2D eigenvalue weighted by molar-refractivity contribution is 5.43. The van der Waals surface area contributed by atoms with E-state index in [0.29, 0.717) is 10.8 Å². The lowest BCUT2D eigenvalue weighted by Gasteiger charge is -2.33. The van der Waals surface area contributed by atoms with Gasteiger partial charge >= 0.3 is 0 Å². The Morgan fingerprint density at radius 2 is 1.65 bits per heavy atom. The molecule has 0 amide bonds. The second-order valence-electron chi connectivity index (χ2n) is 8.62. The van der Waals surface area contributed by atoms with Crippen molar-refractivity contribution in [3.63, 3.8) is 0 Å². The van der Waals surface area contributed by atoms with E-state index in [0.717, 1.165) is 0 Å². The van der Waals surface area contributed by atoms with Gasteiger partial charge in [-0.1, -0.05) is 63.2 Å². The van der Waals surface area contributed by atoms with Crippen LogP contribution in [0.2, 0.25) is 0 Å². The summed E-state index contributed by atoms with van der Waals surface area (Å²) in [5.41, 5.74) is 8.54. The topological polar surface area (TPSA) is 0 Å². The molecule has 2 aromatic carbocycles. The number of rotatable bonds is 2. The van der Waals surface area contributed by atoms with Crippen molar-refractivity contribution in [1.82, 2.24) is 0 Å². The van der Waals surface area contributed by atoms with Gasteiger partial charge in [0.2, 0.25) is 0 Å². The van der Waals surface area contributed by atoms with Gasteiger partial charge in [0.1, 0.15) is 0 Å². The van der Waals surface area contributed by atoms with Gasteiger partial charge in [0, 0.05) is 0 Å². The third kappa shape index (κ3) is 2.53. The Morgan fingerprint density at radius 3 is 2.52 bits per heavy atom. The third-order valence-electron chi connectivity index (χ3n) is 6.35. The van der Waals surface area contributed by atoms with Gasteiger partial charge in [-0.15, -0.1) is 0 Å². The molecule has 0 bridgehead atoms. The smallest absolute Gasteiger partial charge is 0.00290 e. The highest BCUT2D eigenvalue weighted by atomic mass is 14.4. The molecule has 2 aliphatic rings. The first-order valence-corrected chi connectivity index (χ1v) is 9.19. The van der Waals surface area contributed by atoms with Crippen molar-refractivity contribution < 1.29 is 0 Å². The second-order valence-corrected chi connectivity index (χ2v) is 8.62. The average molecular weight is 304 g/mol. The van der Waals surface area contributed by atoms with Crippen LogP contribution in [-0.2, 0) is 30.1 Å². The zero-order chi connectivity index (χ0) is 16.1. The maximum Gasteiger partial charge on any atom is -0.00290 e. The highest BCUT2D eigenvalue weighted by Crippen LogP contribution is 2.42. The minimum atomic E-state index is 0.314. The Hall–Kier alpha value is -1.56. The summed E-state index contributed by atoms with van der Waals surface area (Å²) in [6, 6.07) is 16.4. The number of fused-ring (bicyclic) bond motifs is 2. The molecule has 0 aliphatic heterocycles. The van der Waals surface area contributed by atoms with E-state index in [2.05, 4.69) is 63.2 Å². The van der Waals surface area contributed by atoms with E-state index < -0.39 is 0 Å². The summed E-state index contributed by atoms with van der Waals surface area (Å²) in [7, 11) is 0. The molecule has 1 atom stereocenters. The lowest BCUT2D eigenvalue weighted by molar-refractivity contribution is 0.430. The van der Waals surface area contributed by atoms with Crippen molar-refractivity contribution in [2.24, 2.45) is 0 Å². The number of hydrogen-bond donors (Lipinski definition) is 0. The molecule has 0 saturated carbocycles. The van der Waals surface area contributed by atoms with Gasteiger partial charge in [-0.25, -0.2) is 0 Å². The van der Waals surface area contributed by atoms with Crippen molar-refractivity contribution in [3.05, 3.63) is 70.3 Å². The molecule has 0 N–H and O–H groups in total. The first kappa shape index (κ1) is 15.0. The predicted molar refractivity (Wildman–Crippen MR) is 98.2 cm³/mol. The number of hydrogen-bond acceptors (Lipinski definition) is 0. The maximum absolute atomic E-state index is 2.52. The molecule has 0 saturated heterocycles. The molecule has 2 aliphatic carbocycles. The summed E-state index contributed by atoms with van der Waals surface area (Å²) >= 11 is 0. The Labute approximate surface area is 140 Å². The fraction of sp³-hybridized carbons (Fsp3) is 0.478. The summed E-state index contributed by atoms with van der Waals surface area (Å²) in [4.78, 5) is 0. The molecular weight excluding hydrogens is 276 g/mol. The van der Waals surface area contributed by atoms with Crippen LogP contribution in [0.1, 0.15) is 67.9 Å². The molecule has 1 unspecified atom stereocenters. The molecule has 0 nitrogen and oxygen atoms in total. The van der Waals surface area contributed by atoms with Gasteiger partial charge in [-0.2, -0.15) is 0 Å². The number of aryl methyl sites for hydroxylation is 2. The fourth-order valence-electron chi connectivity index (χ4n) is 4.99. The standard InChI is InChI=1S/C23H28/c1-22(2)13-6-8-19-15-17(10-11-20(19)22)16-23(3)14-12-18-7-4-5-9-21(18)23/h4-5,7,9-11,15H,6,8,12-14,16H2,1-3H3. The maximum atomic E-state index is 2.52. The molecule has 2 aromatic rings. The summed E-state index contributed by atoms with van der Waals surface area (Å²) in [6.45, 7) is 7.26. The molecule has 23 heavy (non-hydrogen) atoms. The van der Waals surface area contributed by atoms with Gasteiger partial charge in [-0.05, 0) is 77.2 Å². The third-order valence-corrected chi connectivity index (χ3v) is 6.35. The van der Waals surface area contributed by atoms with Gasteiger partial charge in [0.25, 0.3) is 0 Å². The van der Waals surface area contributed by atoms with Crippen LogP contribution in [0.25, 0.3) is 0 Å². The summed E-state index contributed by atoms with van der Waals surface area (Å²) < 4.78 is 0. The van der Waals surface area contributed by atoms with Crippen LogP contribution in [0, 0.1) is 0 Å². The van der Waals surface area contributed by atoms with Gasteiger partial charge < -0.3 is 0 Å². The van der Waals surface area contributed by atoms with Crippen LogP contribution in [0.4, 0.5) is 0 Å². The van der Waals surface area contributed by atoms with Crippen molar-refractivity contribution in [3.8, 4) is 0 Å². The average Bonchev–Trinajstić information content (AvgIpc) is 2.84. The van der Waals surface area contributed by atoms with Crippen molar-refractivity contribution in [2.75, 3.05) is 0 Å². The minimum absolute atomic E-state index is 0.314.